The van der Waals surface area contributed by atoms with Gasteiger partial charge in [0.15, 0.2) is 11.6 Å². The summed E-state index contributed by atoms with van der Waals surface area (Å²) in [6.45, 7) is 1.62. The fourth-order valence-electron chi connectivity index (χ4n) is 1.53. The van der Waals surface area contributed by atoms with Gasteiger partial charge in [-0.2, -0.15) is 5.10 Å². The molecule has 6 heteroatoms. The zero-order chi connectivity index (χ0) is 12.6. The van der Waals surface area contributed by atoms with Gasteiger partial charge in [-0.15, -0.1) is 0 Å². The van der Waals surface area contributed by atoms with E-state index in [9.17, 15) is 13.6 Å². The average molecular weight is 237 g/mol. The van der Waals surface area contributed by atoms with E-state index >= 15 is 0 Å². The number of amides is 1. The molecular formula is C11H9F2N3O. The Morgan fingerprint density at radius 2 is 2.06 bits per heavy atom. The van der Waals surface area contributed by atoms with Gasteiger partial charge in [0.2, 0.25) is 0 Å². The third-order valence-electron chi connectivity index (χ3n) is 2.42. The highest BCUT2D eigenvalue weighted by Gasteiger charge is 2.13. The summed E-state index contributed by atoms with van der Waals surface area (Å²) in [4.78, 5) is 11.0. The molecule has 0 fully saturated rings. The average Bonchev–Trinajstić information content (AvgIpc) is 2.64. The molecule has 1 amide bonds. The first-order valence-electron chi connectivity index (χ1n) is 4.80. The minimum absolute atomic E-state index is 0.245. The van der Waals surface area contributed by atoms with Crippen LogP contribution in [0, 0.1) is 18.6 Å². The molecule has 0 radical (unpaired) electrons. The van der Waals surface area contributed by atoms with Crippen LogP contribution in [0.4, 0.5) is 8.78 Å². The summed E-state index contributed by atoms with van der Waals surface area (Å²) in [5.41, 5.74) is 6.18. The molecule has 17 heavy (non-hydrogen) atoms. The van der Waals surface area contributed by atoms with E-state index in [0.29, 0.717) is 11.4 Å². The zero-order valence-electron chi connectivity index (χ0n) is 8.95. The third kappa shape index (κ3) is 1.89. The van der Waals surface area contributed by atoms with Crippen LogP contribution in [0.3, 0.4) is 0 Å². The predicted octanol–water partition coefficient (Wildman–Crippen LogP) is 1.56. The summed E-state index contributed by atoms with van der Waals surface area (Å²) in [5, 5.41) is 3.90. The number of carbonyl (C=O) groups excluding carboxylic acids is 1. The molecule has 4 nitrogen and oxygen atoms in total. The molecule has 0 bridgehead atoms. The van der Waals surface area contributed by atoms with Crippen LogP contribution in [0.5, 0.6) is 0 Å². The summed E-state index contributed by atoms with van der Waals surface area (Å²) in [7, 11) is 0. The van der Waals surface area contributed by atoms with Crippen molar-refractivity contribution in [1.29, 1.82) is 0 Å². The summed E-state index contributed by atoms with van der Waals surface area (Å²) >= 11 is 0. The Balaban J connectivity index is 2.53. The molecule has 0 aliphatic carbocycles. The standard InChI is InChI=1S/C11H9F2N3O/c1-6-8(11(14)17)5-15-16(6)7-2-3-9(12)10(13)4-7/h2-5H,1H3,(H2,14,17). The molecule has 1 aromatic heterocycles. The number of halogens is 2. The van der Waals surface area contributed by atoms with Crippen molar-refractivity contribution in [2.75, 3.05) is 0 Å². The maximum absolute atomic E-state index is 13.1. The Labute approximate surface area is 95.7 Å². The van der Waals surface area contributed by atoms with Crippen LogP contribution in [0.2, 0.25) is 0 Å². The van der Waals surface area contributed by atoms with Gasteiger partial charge in [0.05, 0.1) is 23.1 Å². The maximum atomic E-state index is 13.1. The maximum Gasteiger partial charge on any atom is 0.252 e. The van der Waals surface area contributed by atoms with Gasteiger partial charge in [-0.05, 0) is 19.1 Å². The second-order valence-electron chi connectivity index (χ2n) is 3.52. The van der Waals surface area contributed by atoms with Crippen molar-refractivity contribution in [1.82, 2.24) is 9.78 Å². The van der Waals surface area contributed by atoms with Crippen molar-refractivity contribution in [2.24, 2.45) is 5.73 Å². The van der Waals surface area contributed by atoms with Gasteiger partial charge in [0.25, 0.3) is 5.91 Å². The van der Waals surface area contributed by atoms with E-state index in [0.717, 1.165) is 12.1 Å². The number of carbonyl (C=O) groups is 1. The van der Waals surface area contributed by atoms with Crippen LogP contribution in [-0.4, -0.2) is 15.7 Å². The summed E-state index contributed by atoms with van der Waals surface area (Å²) in [6.07, 6.45) is 1.29. The van der Waals surface area contributed by atoms with Crippen LogP contribution < -0.4 is 5.73 Å². The van der Waals surface area contributed by atoms with Crippen molar-refractivity contribution >= 4 is 5.91 Å². The first-order chi connectivity index (χ1) is 8.00. The Hall–Kier alpha value is -2.24. The first kappa shape index (κ1) is 11.3. The second-order valence-corrected chi connectivity index (χ2v) is 3.52. The number of benzene rings is 1. The van der Waals surface area contributed by atoms with E-state index in [1.165, 1.54) is 16.9 Å². The Morgan fingerprint density at radius 3 is 2.59 bits per heavy atom. The Kier molecular flexibility index (Phi) is 2.63. The fraction of sp³-hybridized carbons (Fsp3) is 0.0909. The quantitative estimate of drug-likeness (QED) is 0.861. The molecule has 2 rings (SSSR count). The van der Waals surface area contributed by atoms with Crippen molar-refractivity contribution in [2.45, 2.75) is 6.92 Å². The number of primary amides is 1. The molecule has 0 saturated carbocycles. The second kappa shape index (κ2) is 3.97. The topological polar surface area (TPSA) is 60.9 Å². The van der Waals surface area contributed by atoms with Gasteiger partial charge in [0.1, 0.15) is 0 Å². The predicted molar refractivity (Wildman–Crippen MR) is 56.7 cm³/mol. The number of rotatable bonds is 2. The monoisotopic (exact) mass is 237 g/mol. The first-order valence-corrected chi connectivity index (χ1v) is 4.80. The highest BCUT2D eigenvalue weighted by molar-refractivity contribution is 5.93. The third-order valence-corrected chi connectivity index (χ3v) is 2.42. The SMILES string of the molecule is Cc1c(C(N)=O)cnn1-c1ccc(F)c(F)c1. The van der Waals surface area contributed by atoms with Gasteiger partial charge < -0.3 is 5.73 Å². The summed E-state index contributed by atoms with van der Waals surface area (Å²) in [6, 6.07) is 3.36. The molecule has 88 valence electrons. The highest BCUT2D eigenvalue weighted by Crippen LogP contribution is 2.16. The molecule has 0 aliphatic heterocycles. The lowest BCUT2D eigenvalue weighted by atomic mass is 10.2. The molecule has 1 aromatic carbocycles. The van der Waals surface area contributed by atoms with Gasteiger partial charge in [-0.1, -0.05) is 0 Å². The van der Waals surface area contributed by atoms with Crippen LogP contribution in [0.25, 0.3) is 5.69 Å². The number of hydrogen-bond donors (Lipinski definition) is 1. The van der Waals surface area contributed by atoms with Crippen LogP contribution in [0.1, 0.15) is 16.1 Å². The lowest BCUT2D eigenvalue weighted by molar-refractivity contribution is 0.0999. The van der Waals surface area contributed by atoms with Crippen LogP contribution >= 0.6 is 0 Å². The van der Waals surface area contributed by atoms with E-state index in [-0.39, 0.29) is 5.56 Å². The number of nitrogens with two attached hydrogens (primary N) is 1. The van der Waals surface area contributed by atoms with Gasteiger partial charge in [-0.25, -0.2) is 13.5 Å². The van der Waals surface area contributed by atoms with Crippen LogP contribution in [-0.2, 0) is 0 Å². The van der Waals surface area contributed by atoms with Gasteiger partial charge in [0, 0.05) is 6.07 Å². The Morgan fingerprint density at radius 1 is 1.35 bits per heavy atom. The van der Waals surface area contributed by atoms with E-state index in [1.54, 1.807) is 6.92 Å². The van der Waals surface area contributed by atoms with Crippen molar-refractivity contribution < 1.29 is 13.6 Å². The minimum Gasteiger partial charge on any atom is -0.365 e. The number of aromatic nitrogens is 2. The molecule has 0 atom stereocenters. The largest absolute Gasteiger partial charge is 0.365 e. The van der Waals surface area contributed by atoms with Crippen molar-refractivity contribution in [3.8, 4) is 5.69 Å². The lowest BCUT2D eigenvalue weighted by Gasteiger charge is -2.05. The van der Waals surface area contributed by atoms with E-state index in [4.69, 9.17) is 5.73 Å². The number of nitrogens with zero attached hydrogens (tertiary/aromatic N) is 2. The van der Waals surface area contributed by atoms with Crippen LogP contribution in [0.15, 0.2) is 24.4 Å². The molecule has 0 aliphatic rings. The number of hydrogen-bond acceptors (Lipinski definition) is 2. The zero-order valence-corrected chi connectivity index (χ0v) is 8.95. The van der Waals surface area contributed by atoms with Gasteiger partial charge >= 0.3 is 0 Å². The molecule has 2 N–H and O–H groups in total. The highest BCUT2D eigenvalue weighted by atomic mass is 19.2. The summed E-state index contributed by atoms with van der Waals surface area (Å²) in [5.74, 6) is -2.52. The normalized spacial score (nSPS) is 10.5. The molecule has 2 aromatic rings. The Bertz CT molecular complexity index is 592. The lowest BCUT2D eigenvalue weighted by Crippen LogP contribution is -2.12. The molecule has 1 heterocycles. The van der Waals surface area contributed by atoms with E-state index in [2.05, 4.69) is 5.10 Å². The fourth-order valence-corrected chi connectivity index (χ4v) is 1.53. The van der Waals surface area contributed by atoms with Gasteiger partial charge in [-0.3, -0.25) is 4.79 Å². The molecule has 0 unspecified atom stereocenters. The van der Waals surface area contributed by atoms with E-state index < -0.39 is 17.5 Å². The molecule has 0 saturated heterocycles. The minimum atomic E-state index is -0.974. The van der Waals surface area contributed by atoms with E-state index in [1.807, 2.05) is 0 Å². The van der Waals surface area contributed by atoms with Crippen molar-refractivity contribution in [3.63, 3.8) is 0 Å². The summed E-state index contributed by atoms with van der Waals surface area (Å²) < 4.78 is 27.1. The smallest absolute Gasteiger partial charge is 0.252 e. The molecule has 0 spiro atoms. The molecular weight excluding hydrogens is 228 g/mol. The van der Waals surface area contributed by atoms with Crippen molar-refractivity contribution in [3.05, 3.63) is 47.3 Å².